The number of unbranched alkanes of at least 4 members (excludes halogenated alkanes) is 2. The molecule has 0 radical (unpaired) electrons. The average Bonchev–Trinajstić information content (AvgIpc) is 3.07. The van der Waals surface area contributed by atoms with E-state index in [1.54, 1.807) is 29.4 Å². The van der Waals surface area contributed by atoms with Gasteiger partial charge in [-0.15, -0.1) is 0 Å². The van der Waals surface area contributed by atoms with Crippen LogP contribution in [0.25, 0.3) is 5.76 Å². The number of hydrogen-bond donors (Lipinski definition) is 1. The molecule has 2 heterocycles. The Morgan fingerprint density at radius 3 is 2.58 bits per heavy atom. The van der Waals surface area contributed by atoms with Gasteiger partial charge in [-0.1, -0.05) is 31.9 Å². The quantitative estimate of drug-likeness (QED) is 0.240. The van der Waals surface area contributed by atoms with Gasteiger partial charge in [-0.25, -0.2) is 0 Å². The van der Waals surface area contributed by atoms with Gasteiger partial charge < -0.3 is 19.6 Å². The van der Waals surface area contributed by atoms with Crippen molar-refractivity contribution in [2.45, 2.75) is 38.6 Å². The Labute approximate surface area is 195 Å². The zero-order valence-corrected chi connectivity index (χ0v) is 19.7. The molecular weight excluding hydrogens is 418 g/mol. The smallest absolute Gasteiger partial charge is 0.295 e. The molecule has 7 nitrogen and oxygen atoms in total. The molecule has 1 amide bonds. The number of pyridine rings is 1. The highest BCUT2D eigenvalue weighted by molar-refractivity contribution is 6.46. The number of aliphatic hydroxyl groups excluding tert-OH is 1. The summed E-state index contributed by atoms with van der Waals surface area (Å²) in [5, 5.41) is 11.1. The number of nitrogens with zero attached hydrogens (tertiary/aromatic N) is 3. The summed E-state index contributed by atoms with van der Waals surface area (Å²) in [6.45, 7) is 3.93. The molecule has 1 aromatic carbocycles. The fourth-order valence-corrected chi connectivity index (χ4v) is 4.00. The Kier molecular flexibility index (Phi) is 8.60. The van der Waals surface area contributed by atoms with Crippen molar-refractivity contribution < 1.29 is 19.4 Å². The van der Waals surface area contributed by atoms with E-state index >= 15 is 0 Å². The van der Waals surface area contributed by atoms with Crippen LogP contribution in [0, 0.1) is 0 Å². The number of Topliss-reactive ketones (excluding diaryl/α,β-unsaturated/α-hetero) is 1. The largest absolute Gasteiger partial charge is 0.507 e. The lowest BCUT2D eigenvalue weighted by molar-refractivity contribution is -0.139. The molecule has 176 valence electrons. The number of ketones is 1. The Balaban J connectivity index is 1.99. The molecule has 7 heteroatoms. The average molecular weight is 452 g/mol. The highest BCUT2D eigenvalue weighted by atomic mass is 16.5. The molecule has 1 atom stereocenters. The lowest BCUT2D eigenvalue weighted by Gasteiger charge is -2.26. The molecule has 0 spiro atoms. The van der Waals surface area contributed by atoms with E-state index < -0.39 is 17.7 Å². The number of aliphatic hydroxyl groups is 1. The maximum Gasteiger partial charge on any atom is 0.295 e. The summed E-state index contributed by atoms with van der Waals surface area (Å²) >= 11 is 0. The first-order valence-electron chi connectivity index (χ1n) is 11.5. The van der Waals surface area contributed by atoms with E-state index in [1.165, 1.54) is 0 Å². The minimum Gasteiger partial charge on any atom is -0.507 e. The van der Waals surface area contributed by atoms with Crippen molar-refractivity contribution in [2.75, 3.05) is 33.8 Å². The zero-order valence-electron chi connectivity index (χ0n) is 19.7. The fourth-order valence-electron chi connectivity index (χ4n) is 4.00. The van der Waals surface area contributed by atoms with Crippen LogP contribution in [-0.4, -0.2) is 65.4 Å². The second kappa shape index (κ2) is 11.6. The summed E-state index contributed by atoms with van der Waals surface area (Å²) in [6.07, 6.45) is 6.96. The predicted molar refractivity (Wildman–Crippen MR) is 128 cm³/mol. The van der Waals surface area contributed by atoms with Crippen LogP contribution in [0.3, 0.4) is 0 Å². The van der Waals surface area contributed by atoms with Crippen LogP contribution in [0.1, 0.15) is 49.8 Å². The molecular formula is C26H33N3O4. The standard InChI is InChI=1S/C26H33N3O4/c1-4-5-6-17-33-21-10-7-9-20(18-21)23-22(24(30)19-11-13-27-14-12-19)25(31)26(32)29(23)16-8-15-28(2)3/h7,9-14,18,23,30H,4-6,8,15-17H2,1-3H3/b24-22+. The van der Waals surface area contributed by atoms with Crippen molar-refractivity contribution in [3.63, 3.8) is 0 Å². The van der Waals surface area contributed by atoms with Gasteiger partial charge in [0.2, 0.25) is 0 Å². The normalized spacial score (nSPS) is 17.7. The first kappa shape index (κ1) is 24.5. The number of amides is 1. The van der Waals surface area contributed by atoms with Gasteiger partial charge in [-0.05, 0) is 63.3 Å². The molecule has 2 aromatic rings. The van der Waals surface area contributed by atoms with Crippen LogP contribution >= 0.6 is 0 Å². The van der Waals surface area contributed by atoms with E-state index in [-0.39, 0.29) is 11.3 Å². The number of likely N-dealkylation sites (tertiary alicyclic amines) is 1. The number of ether oxygens (including phenoxy) is 1. The summed E-state index contributed by atoms with van der Waals surface area (Å²) in [6, 6.07) is 10.0. The van der Waals surface area contributed by atoms with Gasteiger partial charge in [0.15, 0.2) is 0 Å². The SMILES string of the molecule is CCCCCOc1cccc(C2/C(=C(\O)c3ccncc3)C(=O)C(=O)N2CCCN(C)C)c1. The van der Waals surface area contributed by atoms with Gasteiger partial charge in [0.25, 0.3) is 11.7 Å². The number of hydrogen-bond acceptors (Lipinski definition) is 6. The van der Waals surface area contributed by atoms with Gasteiger partial charge in [0, 0.05) is 24.5 Å². The number of carbonyl (C=O) groups excluding carboxylic acids is 2. The van der Waals surface area contributed by atoms with Crippen LogP contribution in [0.4, 0.5) is 0 Å². The summed E-state index contributed by atoms with van der Waals surface area (Å²) in [7, 11) is 3.93. The van der Waals surface area contributed by atoms with Gasteiger partial charge in [-0.2, -0.15) is 0 Å². The molecule has 1 saturated heterocycles. The summed E-state index contributed by atoms with van der Waals surface area (Å²) in [4.78, 5) is 33.7. The molecule has 33 heavy (non-hydrogen) atoms. The van der Waals surface area contributed by atoms with Crippen LogP contribution < -0.4 is 4.74 Å². The third-order valence-electron chi connectivity index (χ3n) is 5.69. The molecule has 1 aliphatic rings. The molecule has 1 fully saturated rings. The van der Waals surface area contributed by atoms with Gasteiger partial charge in [-0.3, -0.25) is 14.6 Å². The van der Waals surface area contributed by atoms with E-state index in [0.717, 1.165) is 31.4 Å². The molecule has 0 saturated carbocycles. The van der Waals surface area contributed by atoms with Crippen LogP contribution in [-0.2, 0) is 9.59 Å². The zero-order chi connectivity index (χ0) is 23.8. The lowest BCUT2D eigenvalue weighted by atomic mass is 9.95. The third-order valence-corrected chi connectivity index (χ3v) is 5.69. The second-order valence-corrected chi connectivity index (χ2v) is 8.51. The van der Waals surface area contributed by atoms with Crippen LogP contribution in [0.5, 0.6) is 5.75 Å². The van der Waals surface area contributed by atoms with Crippen molar-refractivity contribution in [3.8, 4) is 5.75 Å². The second-order valence-electron chi connectivity index (χ2n) is 8.51. The molecule has 1 unspecified atom stereocenters. The topological polar surface area (TPSA) is 83.0 Å². The minimum absolute atomic E-state index is 0.0965. The Bertz CT molecular complexity index is 988. The van der Waals surface area contributed by atoms with E-state index in [1.807, 2.05) is 43.3 Å². The fraction of sp³-hybridized carbons (Fsp3) is 0.423. The Morgan fingerprint density at radius 1 is 1.12 bits per heavy atom. The van der Waals surface area contributed by atoms with E-state index in [2.05, 4.69) is 11.9 Å². The number of benzene rings is 1. The van der Waals surface area contributed by atoms with Crippen molar-refractivity contribution in [2.24, 2.45) is 0 Å². The molecule has 0 aliphatic carbocycles. The maximum absolute atomic E-state index is 13.1. The lowest BCUT2D eigenvalue weighted by Crippen LogP contribution is -2.32. The van der Waals surface area contributed by atoms with Crippen LogP contribution in [0.15, 0.2) is 54.4 Å². The predicted octanol–water partition coefficient (Wildman–Crippen LogP) is 4.02. The Hall–Kier alpha value is -3.19. The first-order chi connectivity index (χ1) is 15.9. The van der Waals surface area contributed by atoms with E-state index in [0.29, 0.717) is 30.9 Å². The molecule has 1 aromatic heterocycles. The number of rotatable bonds is 11. The summed E-state index contributed by atoms with van der Waals surface area (Å²) in [5.74, 6) is -0.770. The van der Waals surface area contributed by atoms with Crippen molar-refractivity contribution >= 4 is 17.4 Å². The number of carbonyl (C=O) groups is 2. The molecule has 3 rings (SSSR count). The third kappa shape index (κ3) is 5.99. The Morgan fingerprint density at radius 2 is 1.88 bits per heavy atom. The molecule has 1 N–H and O–H groups in total. The number of aromatic nitrogens is 1. The first-order valence-corrected chi connectivity index (χ1v) is 11.5. The van der Waals surface area contributed by atoms with Crippen molar-refractivity contribution in [1.29, 1.82) is 0 Å². The van der Waals surface area contributed by atoms with Gasteiger partial charge in [0.1, 0.15) is 11.5 Å². The van der Waals surface area contributed by atoms with Crippen molar-refractivity contribution in [3.05, 3.63) is 65.5 Å². The van der Waals surface area contributed by atoms with Gasteiger partial charge >= 0.3 is 0 Å². The summed E-state index contributed by atoms with van der Waals surface area (Å²) < 4.78 is 5.91. The van der Waals surface area contributed by atoms with Crippen LogP contribution in [0.2, 0.25) is 0 Å². The van der Waals surface area contributed by atoms with Crippen molar-refractivity contribution in [1.82, 2.24) is 14.8 Å². The minimum atomic E-state index is -0.681. The maximum atomic E-state index is 13.1. The monoisotopic (exact) mass is 451 g/mol. The summed E-state index contributed by atoms with van der Waals surface area (Å²) in [5.41, 5.74) is 1.29. The highest BCUT2D eigenvalue weighted by Gasteiger charge is 2.45. The van der Waals surface area contributed by atoms with E-state index in [9.17, 15) is 14.7 Å². The molecule has 0 bridgehead atoms. The van der Waals surface area contributed by atoms with Gasteiger partial charge in [0.05, 0.1) is 18.2 Å². The molecule has 1 aliphatic heterocycles. The highest BCUT2D eigenvalue weighted by Crippen LogP contribution is 2.40. The van der Waals surface area contributed by atoms with E-state index in [4.69, 9.17) is 4.74 Å².